The van der Waals surface area contributed by atoms with Crippen molar-refractivity contribution in [2.24, 2.45) is 0 Å². The van der Waals surface area contributed by atoms with Crippen LogP contribution in [0.3, 0.4) is 0 Å². The minimum absolute atomic E-state index is 0.213. The molecule has 5 heteroatoms. The summed E-state index contributed by atoms with van der Waals surface area (Å²) in [6, 6.07) is 0. The normalized spacial score (nSPS) is 17.2. The average Bonchev–Trinajstić information content (AvgIpc) is 2.69. The zero-order valence-electron chi connectivity index (χ0n) is 10.5. The number of carbonyl (C=O) groups excluding carboxylic acids is 1. The number of carbonyl (C=O) groups is 1. The number of rotatable bonds is 1. The number of aromatic nitrogens is 1. The third-order valence-electron chi connectivity index (χ3n) is 3.32. The molecule has 1 aromatic rings. The highest BCUT2D eigenvalue weighted by Crippen LogP contribution is 2.32. The number of hydrogen-bond acceptors (Lipinski definition) is 4. The number of thiazole rings is 1. The van der Waals surface area contributed by atoms with Crippen LogP contribution in [0.5, 0.6) is 0 Å². The van der Waals surface area contributed by atoms with Gasteiger partial charge in [0.1, 0.15) is 0 Å². The van der Waals surface area contributed by atoms with Crippen LogP contribution >= 0.6 is 11.3 Å². The summed E-state index contributed by atoms with van der Waals surface area (Å²) in [5.74, 6) is 0.508. The van der Waals surface area contributed by atoms with E-state index in [4.69, 9.17) is 4.74 Å². The van der Waals surface area contributed by atoms with Crippen molar-refractivity contribution >= 4 is 17.4 Å². The van der Waals surface area contributed by atoms with E-state index in [9.17, 15) is 4.79 Å². The van der Waals surface area contributed by atoms with Crippen molar-refractivity contribution in [3.8, 4) is 0 Å². The van der Waals surface area contributed by atoms with Gasteiger partial charge in [0, 0.05) is 23.9 Å². The van der Waals surface area contributed by atoms with Gasteiger partial charge >= 0.3 is 6.09 Å². The van der Waals surface area contributed by atoms with Gasteiger partial charge < -0.3 is 9.64 Å². The van der Waals surface area contributed by atoms with Crippen molar-refractivity contribution < 1.29 is 9.53 Å². The van der Waals surface area contributed by atoms with Crippen LogP contribution in [0, 0.1) is 13.8 Å². The predicted octanol–water partition coefficient (Wildman–Crippen LogP) is 2.71. The molecule has 1 aliphatic heterocycles. The molecule has 1 saturated heterocycles. The van der Waals surface area contributed by atoms with Crippen molar-refractivity contribution in [1.82, 2.24) is 9.88 Å². The summed E-state index contributed by atoms with van der Waals surface area (Å²) in [5, 5.41) is 1.23. The van der Waals surface area contributed by atoms with Gasteiger partial charge in [-0.15, -0.1) is 11.3 Å². The van der Waals surface area contributed by atoms with E-state index in [2.05, 4.69) is 18.8 Å². The maximum absolute atomic E-state index is 11.4. The highest BCUT2D eigenvalue weighted by atomic mass is 32.1. The maximum Gasteiger partial charge on any atom is 0.409 e. The Morgan fingerprint density at radius 1 is 1.41 bits per heavy atom. The molecule has 0 N–H and O–H groups in total. The molecule has 1 aromatic heterocycles. The standard InChI is InChI=1S/C12H18N2O2S/c1-8-9(2)17-11(13-8)10-4-6-14(7-5-10)12(15)16-3/h10H,4-7H2,1-3H3. The van der Waals surface area contributed by atoms with Crippen LogP contribution < -0.4 is 0 Å². The van der Waals surface area contributed by atoms with Gasteiger partial charge in [-0.3, -0.25) is 0 Å². The molecule has 4 nitrogen and oxygen atoms in total. The minimum atomic E-state index is -0.213. The Labute approximate surface area is 106 Å². The first-order valence-corrected chi connectivity index (χ1v) is 6.70. The Hall–Kier alpha value is -1.10. The van der Waals surface area contributed by atoms with Crippen LogP contribution in [0.2, 0.25) is 0 Å². The third kappa shape index (κ3) is 2.60. The smallest absolute Gasteiger partial charge is 0.409 e. The van der Waals surface area contributed by atoms with E-state index >= 15 is 0 Å². The summed E-state index contributed by atoms with van der Waals surface area (Å²) in [6.45, 7) is 5.71. The number of aryl methyl sites for hydroxylation is 2. The molecule has 1 fully saturated rings. The second kappa shape index (κ2) is 5.04. The lowest BCUT2D eigenvalue weighted by Crippen LogP contribution is -2.37. The molecular formula is C12H18N2O2S. The van der Waals surface area contributed by atoms with Crippen LogP contribution in [0.15, 0.2) is 0 Å². The van der Waals surface area contributed by atoms with Gasteiger partial charge in [0.25, 0.3) is 0 Å². The first-order chi connectivity index (χ1) is 8.11. The van der Waals surface area contributed by atoms with Crippen LogP contribution in [-0.2, 0) is 4.74 Å². The SMILES string of the molecule is COC(=O)N1CCC(c2nc(C)c(C)s2)CC1. The number of nitrogens with zero attached hydrogens (tertiary/aromatic N) is 2. The fraction of sp³-hybridized carbons (Fsp3) is 0.667. The monoisotopic (exact) mass is 254 g/mol. The molecular weight excluding hydrogens is 236 g/mol. The lowest BCUT2D eigenvalue weighted by Gasteiger charge is -2.29. The van der Waals surface area contributed by atoms with E-state index in [1.165, 1.54) is 17.0 Å². The van der Waals surface area contributed by atoms with Gasteiger partial charge in [-0.1, -0.05) is 0 Å². The summed E-state index contributed by atoms with van der Waals surface area (Å²) in [5.41, 5.74) is 1.14. The molecule has 0 spiro atoms. The first kappa shape index (κ1) is 12.4. The molecule has 0 aromatic carbocycles. The van der Waals surface area contributed by atoms with Gasteiger partial charge in [0.2, 0.25) is 0 Å². The van der Waals surface area contributed by atoms with E-state index < -0.39 is 0 Å². The van der Waals surface area contributed by atoms with Gasteiger partial charge in [-0.2, -0.15) is 0 Å². The van der Waals surface area contributed by atoms with Crippen LogP contribution in [0.25, 0.3) is 0 Å². The Kier molecular flexibility index (Phi) is 3.66. The summed E-state index contributed by atoms with van der Waals surface area (Å²) in [6.07, 6.45) is 1.76. The zero-order chi connectivity index (χ0) is 12.4. The van der Waals surface area contributed by atoms with E-state index in [1.807, 2.05) is 0 Å². The average molecular weight is 254 g/mol. The van der Waals surface area contributed by atoms with Crippen molar-refractivity contribution in [1.29, 1.82) is 0 Å². The lowest BCUT2D eigenvalue weighted by molar-refractivity contribution is 0.112. The number of ether oxygens (including phenoxy) is 1. The van der Waals surface area contributed by atoms with Gasteiger partial charge in [-0.25, -0.2) is 9.78 Å². The molecule has 0 atom stereocenters. The molecule has 2 rings (SSSR count). The lowest BCUT2D eigenvalue weighted by atomic mass is 9.98. The highest BCUT2D eigenvalue weighted by molar-refractivity contribution is 7.11. The summed E-state index contributed by atoms with van der Waals surface area (Å²) in [4.78, 5) is 19.0. The Bertz CT molecular complexity index is 389. The van der Waals surface area contributed by atoms with Gasteiger partial charge in [-0.05, 0) is 26.7 Å². The van der Waals surface area contributed by atoms with Crippen molar-refractivity contribution in [3.63, 3.8) is 0 Å². The zero-order valence-corrected chi connectivity index (χ0v) is 11.3. The number of hydrogen-bond donors (Lipinski definition) is 0. The molecule has 17 heavy (non-hydrogen) atoms. The summed E-state index contributed by atoms with van der Waals surface area (Å²) >= 11 is 1.79. The molecule has 1 aliphatic rings. The topological polar surface area (TPSA) is 42.4 Å². The molecule has 0 bridgehead atoms. The van der Waals surface area contributed by atoms with Gasteiger partial charge in [0.15, 0.2) is 0 Å². The molecule has 0 unspecified atom stereocenters. The Balaban J connectivity index is 1.97. The molecule has 0 aliphatic carbocycles. The number of amides is 1. The fourth-order valence-electron chi connectivity index (χ4n) is 2.11. The molecule has 0 radical (unpaired) electrons. The van der Waals surface area contributed by atoms with Gasteiger partial charge in [0.05, 0.1) is 17.8 Å². The van der Waals surface area contributed by atoms with Crippen molar-refractivity contribution in [3.05, 3.63) is 15.6 Å². The predicted molar refractivity (Wildman–Crippen MR) is 67.5 cm³/mol. The van der Waals surface area contributed by atoms with Crippen LogP contribution in [-0.4, -0.2) is 36.2 Å². The van der Waals surface area contributed by atoms with Crippen molar-refractivity contribution in [2.75, 3.05) is 20.2 Å². The highest BCUT2D eigenvalue weighted by Gasteiger charge is 2.26. The van der Waals surface area contributed by atoms with E-state index in [0.717, 1.165) is 31.6 Å². The first-order valence-electron chi connectivity index (χ1n) is 5.88. The second-order valence-electron chi connectivity index (χ2n) is 4.43. The fourth-order valence-corrected chi connectivity index (χ4v) is 3.20. The second-order valence-corrected chi connectivity index (χ2v) is 5.66. The van der Waals surface area contributed by atoms with Crippen molar-refractivity contribution in [2.45, 2.75) is 32.6 Å². The molecule has 2 heterocycles. The van der Waals surface area contributed by atoms with E-state index in [0.29, 0.717) is 5.92 Å². The largest absolute Gasteiger partial charge is 0.453 e. The van der Waals surface area contributed by atoms with Crippen LogP contribution in [0.1, 0.15) is 34.3 Å². The number of likely N-dealkylation sites (tertiary alicyclic amines) is 1. The maximum atomic E-state index is 11.4. The minimum Gasteiger partial charge on any atom is -0.453 e. The quantitative estimate of drug-likeness (QED) is 0.774. The summed E-state index contributed by atoms with van der Waals surface area (Å²) in [7, 11) is 1.43. The molecule has 1 amide bonds. The van der Waals surface area contributed by atoms with E-state index in [1.54, 1.807) is 16.2 Å². The Morgan fingerprint density at radius 2 is 2.06 bits per heavy atom. The van der Waals surface area contributed by atoms with Crippen LogP contribution in [0.4, 0.5) is 4.79 Å². The molecule has 94 valence electrons. The number of piperidine rings is 1. The molecule has 0 saturated carbocycles. The summed E-state index contributed by atoms with van der Waals surface area (Å²) < 4.78 is 4.73. The third-order valence-corrected chi connectivity index (χ3v) is 4.56. The number of methoxy groups -OCH3 is 1. The Morgan fingerprint density at radius 3 is 2.53 bits per heavy atom. The van der Waals surface area contributed by atoms with E-state index in [-0.39, 0.29) is 6.09 Å².